The van der Waals surface area contributed by atoms with Gasteiger partial charge in [0.15, 0.2) is 0 Å². The van der Waals surface area contributed by atoms with Gasteiger partial charge in [-0.15, -0.1) is 0 Å². The lowest BCUT2D eigenvalue weighted by molar-refractivity contribution is 0.136. The summed E-state index contributed by atoms with van der Waals surface area (Å²) in [5, 5.41) is 9.61. The average molecular weight is 203 g/mol. The molecular weight excluding hydrogens is 186 g/mol. The Bertz CT molecular complexity index is 345. The third-order valence-corrected chi connectivity index (χ3v) is 2.64. The van der Waals surface area contributed by atoms with E-state index in [4.69, 9.17) is 0 Å². The van der Waals surface area contributed by atoms with Crippen molar-refractivity contribution in [3.63, 3.8) is 0 Å². The molecule has 1 N–H and O–H groups in total. The van der Waals surface area contributed by atoms with Gasteiger partial charge in [0.2, 0.25) is 0 Å². The van der Waals surface area contributed by atoms with Crippen molar-refractivity contribution >= 4 is 0 Å². The summed E-state index contributed by atoms with van der Waals surface area (Å²) in [6.07, 6.45) is 1.64. The molecule has 0 aromatic heterocycles. The Labute approximate surface area is 90.8 Å². The number of hydrogen-bond acceptors (Lipinski definition) is 2. The van der Waals surface area contributed by atoms with Gasteiger partial charge in [0, 0.05) is 19.6 Å². The van der Waals surface area contributed by atoms with Crippen LogP contribution in [-0.2, 0) is 6.54 Å². The second-order valence-corrected chi connectivity index (χ2v) is 4.24. The molecular formula is C13H17NO. The standard InChI is InChI=1S/C13H17NO/c1-11-7-13(15)10-14(8-11)9-12-5-3-2-4-6-12/h2-7,13,15H,8-10H2,1H3. The minimum atomic E-state index is -0.303. The van der Waals surface area contributed by atoms with E-state index in [9.17, 15) is 5.11 Å². The van der Waals surface area contributed by atoms with Crippen molar-refractivity contribution in [2.75, 3.05) is 13.1 Å². The largest absolute Gasteiger partial charge is 0.388 e. The summed E-state index contributed by atoms with van der Waals surface area (Å²) in [5.41, 5.74) is 2.56. The van der Waals surface area contributed by atoms with E-state index in [1.54, 1.807) is 0 Å². The van der Waals surface area contributed by atoms with Crippen LogP contribution in [0.3, 0.4) is 0 Å². The first-order valence-electron chi connectivity index (χ1n) is 5.35. The molecule has 0 saturated heterocycles. The Morgan fingerprint density at radius 1 is 1.33 bits per heavy atom. The number of nitrogens with zero attached hydrogens (tertiary/aromatic N) is 1. The molecule has 2 rings (SSSR count). The molecule has 2 nitrogen and oxygen atoms in total. The minimum Gasteiger partial charge on any atom is -0.388 e. The van der Waals surface area contributed by atoms with Gasteiger partial charge in [0.1, 0.15) is 0 Å². The Hall–Kier alpha value is -1.12. The number of aliphatic hydroxyl groups excluding tert-OH is 1. The molecule has 1 aliphatic rings. The van der Waals surface area contributed by atoms with Crippen molar-refractivity contribution in [2.45, 2.75) is 19.6 Å². The first-order valence-corrected chi connectivity index (χ1v) is 5.35. The van der Waals surface area contributed by atoms with E-state index in [2.05, 4.69) is 36.1 Å². The molecule has 0 fully saturated rings. The average Bonchev–Trinajstić information content (AvgIpc) is 2.17. The molecule has 0 radical (unpaired) electrons. The monoisotopic (exact) mass is 203 g/mol. The molecule has 2 heteroatoms. The number of rotatable bonds is 2. The normalized spacial score (nSPS) is 22.5. The second kappa shape index (κ2) is 4.60. The molecule has 1 aromatic rings. The topological polar surface area (TPSA) is 23.5 Å². The van der Waals surface area contributed by atoms with Gasteiger partial charge in [-0.2, -0.15) is 0 Å². The predicted octanol–water partition coefficient (Wildman–Crippen LogP) is 1.81. The maximum Gasteiger partial charge on any atom is 0.0851 e. The Kier molecular flexibility index (Phi) is 3.19. The lowest BCUT2D eigenvalue weighted by Gasteiger charge is -2.28. The molecule has 15 heavy (non-hydrogen) atoms. The molecule has 80 valence electrons. The number of benzene rings is 1. The van der Waals surface area contributed by atoms with Crippen LogP contribution in [0.5, 0.6) is 0 Å². The van der Waals surface area contributed by atoms with Crippen molar-refractivity contribution in [3.8, 4) is 0 Å². The fraction of sp³-hybridized carbons (Fsp3) is 0.385. The fourth-order valence-electron chi connectivity index (χ4n) is 2.08. The molecule has 1 aromatic carbocycles. The summed E-state index contributed by atoms with van der Waals surface area (Å²) in [4.78, 5) is 2.27. The molecule has 0 amide bonds. The van der Waals surface area contributed by atoms with Crippen molar-refractivity contribution in [1.29, 1.82) is 0 Å². The van der Waals surface area contributed by atoms with Crippen LogP contribution in [0.1, 0.15) is 12.5 Å². The molecule has 0 saturated carbocycles. The summed E-state index contributed by atoms with van der Waals surface area (Å²) < 4.78 is 0. The van der Waals surface area contributed by atoms with E-state index in [1.165, 1.54) is 11.1 Å². The highest BCUT2D eigenvalue weighted by Crippen LogP contribution is 2.13. The molecule has 0 bridgehead atoms. The first kappa shape index (κ1) is 10.4. The number of aliphatic hydroxyl groups is 1. The summed E-state index contributed by atoms with van der Waals surface area (Å²) in [6, 6.07) is 10.4. The highest BCUT2D eigenvalue weighted by molar-refractivity contribution is 5.16. The molecule has 1 unspecified atom stereocenters. The Balaban J connectivity index is 1.99. The first-order chi connectivity index (χ1) is 7.24. The number of hydrogen-bond donors (Lipinski definition) is 1. The van der Waals surface area contributed by atoms with Gasteiger partial charge in [0.05, 0.1) is 6.10 Å². The highest BCUT2D eigenvalue weighted by atomic mass is 16.3. The van der Waals surface area contributed by atoms with Gasteiger partial charge in [0.25, 0.3) is 0 Å². The SMILES string of the molecule is CC1=CC(O)CN(Cc2ccccc2)C1. The van der Waals surface area contributed by atoms with E-state index in [1.807, 2.05) is 12.1 Å². The van der Waals surface area contributed by atoms with E-state index >= 15 is 0 Å². The maximum atomic E-state index is 9.61. The van der Waals surface area contributed by atoms with Crippen LogP contribution in [0.15, 0.2) is 42.0 Å². The Morgan fingerprint density at radius 2 is 2.07 bits per heavy atom. The van der Waals surface area contributed by atoms with Gasteiger partial charge < -0.3 is 5.11 Å². The predicted molar refractivity (Wildman–Crippen MR) is 61.5 cm³/mol. The third-order valence-electron chi connectivity index (χ3n) is 2.64. The molecule has 1 atom stereocenters. The van der Waals surface area contributed by atoms with Crippen molar-refractivity contribution in [3.05, 3.63) is 47.5 Å². The summed E-state index contributed by atoms with van der Waals surface area (Å²) >= 11 is 0. The van der Waals surface area contributed by atoms with Gasteiger partial charge in [-0.25, -0.2) is 0 Å². The van der Waals surface area contributed by atoms with Crippen LogP contribution < -0.4 is 0 Å². The number of β-amino-alcohol motifs (C(OH)–C–C–N with tert-alkyl or cyclic N) is 1. The van der Waals surface area contributed by atoms with Gasteiger partial charge >= 0.3 is 0 Å². The van der Waals surface area contributed by atoms with Crippen molar-refractivity contribution in [2.24, 2.45) is 0 Å². The fourth-order valence-corrected chi connectivity index (χ4v) is 2.08. The van der Waals surface area contributed by atoms with Crippen LogP contribution in [0, 0.1) is 0 Å². The van der Waals surface area contributed by atoms with Crippen LogP contribution in [0.4, 0.5) is 0 Å². The lowest BCUT2D eigenvalue weighted by atomic mass is 10.1. The zero-order valence-corrected chi connectivity index (χ0v) is 9.06. The van der Waals surface area contributed by atoms with Gasteiger partial charge in [-0.3, -0.25) is 4.90 Å². The van der Waals surface area contributed by atoms with Crippen LogP contribution in [0.25, 0.3) is 0 Å². The van der Waals surface area contributed by atoms with Crippen molar-refractivity contribution < 1.29 is 5.11 Å². The zero-order chi connectivity index (χ0) is 10.7. The van der Waals surface area contributed by atoms with E-state index in [0.29, 0.717) is 0 Å². The summed E-state index contributed by atoms with van der Waals surface area (Å²) in [7, 11) is 0. The third kappa shape index (κ3) is 2.91. The molecule has 1 heterocycles. The van der Waals surface area contributed by atoms with Crippen LogP contribution >= 0.6 is 0 Å². The van der Waals surface area contributed by atoms with E-state index < -0.39 is 0 Å². The minimum absolute atomic E-state index is 0.303. The second-order valence-electron chi connectivity index (χ2n) is 4.24. The zero-order valence-electron chi connectivity index (χ0n) is 9.06. The van der Waals surface area contributed by atoms with Gasteiger partial charge in [-0.05, 0) is 12.5 Å². The van der Waals surface area contributed by atoms with Crippen molar-refractivity contribution in [1.82, 2.24) is 4.90 Å². The van der Waals surface area contributed by atoms with Crippen LogP contribution in [-0.4, -0.2) is 29.2 Å². The summed E-state index contributed by atoms with van der Waals surface area (Å²) in [6.45, 7) is 4.70. The quantitative estimate of drug-likeness (QED) is 0.741. The molecule has 0 aliphatic carbocycles. The maximum absolute atomic E-state index is 9.61. The molecule has 0 spiro atoms. The lowest BCUT2D eigenvalue weighted by Crippen LogP contribution is -2.36. The molecule has 1 aliphatic heterocycles. The van der Waals surface area contributed by atoms with Gasteiger partial charge in [-0.1, -0.05) is 42.0 Å². The van der Waals surface area contributed by atoms with Crippen LogP contribution in [0.2, 0.25) is 0 Å². The van der Waals surface area contributed by atoms with E-state index in [0.717, 1.165) is 19.6 Å². The Morgan fingerprint density at radius 3 is 2.73 bits per heavy atom. The highest BCUT2D eigenvalue weighted by Gasteiger charge is 2.16. The van der Waals surface area contributed by atoms with E-state index in [-0.39, 0.29) is 6.10 Å². The summed E-state index contributed by atoms with van der Waals surface area (Å²) in [5.74, 6) is 0. The smallest absolute Gasteiger partial charge is 0.0851 e.